The average molecular weight is 661 g/mol. The fourth-order valence-electron chi connectivity index (χ4n) is 5.79. The Labute approximate surface area is 278 Å². The van der Waals surface area contributed by atoms with E-state index < -0.39 is 29.9 Å². The topological polar surface area (TPSA) is 171 Å². The van der Waals surface area contributed by atoms with Crippen LogP contribution in [0.25, 0.3) is 10.9 Å². The minimum Gasteiger partial charge on any atom is -0.483 e. The lowest BCUT2D eigenvalue weighted by atomic mass is 10.1. The van der Waals surface area contributed by atoms with Crippen molar-refractivity contribution in [1.82, 2.24) is 25.0 Å². The number of aliphatic carboxylic acids is 1. The van der Waals surface area contributed by atoms with Gasteiger partial charge in [-0.05, 0) is 44.0 Å². The molecule has 1 unspecified atom stereocenters. The van der Waals surface area contributed by atoms with E-state index in [2.05, 4.69) is 15.6 Å². The quantitative estimate of drug-likeness (QED) is 0.262. The molecule has 0 aliphatic carbocycles. The van der Waals surface area contributed by atoms with Gasteiger partial charge in [0.2, 0.25) is 5.91 Å². The first-order valence-electron chi connectivity index (χ1n) is 16.1. The zero-order chi connectivity index (χ0) is 34.0. The molecule has 254 valence electrons. The number of ether oxygens (including phenoxy) is 2. The lowest BCUT2D eigenvalue weighted by Gasteiger charge is -2.35. The molecule has 4 amide bonds. The molecule has 48 heavy (non-hydrogen) atoms. The number of nitrogens with zero attached hydrogens (tertiary/aromatic N) is 4. The number of carboxylic acids is 1. The van der Waals surface area contributed by atoms with E-state index in [0.717, 1.165) is 12.1 Å². The van der Waals surface area contributed by atoms with E-state index in [1.807, 2.05) is 30.3 Å². The van der Waals surface area contributed by atoms with Crippen molar-refractivity contribution in [3.8, 4) is 5.75 Å². The molecular formula is C34H40N6O8. The second kappa shape index (κ2) is 15.9. The summed E-state index contributed by atoms with van der Waals surface area (Å²) in [7, 11) is 0. The largest absolute Gasteiger partial charge is 0.483 e. The van der Waals surface area contributed by atoms with Gasteiger partial charge in [0.25, 0.3) is 11.8 Å². The van der Waals surface area contributed by atoms with Gasteiger partial charge >= 0.3 is 12.1 Å². The van der Waals surface area contributed by atoms with Gasteiger partial charge in [-0.2, -0.15) is 0 Å². The highest BCUT2D eigenvalue weighted by Crippen LogP contribution is 2.26. The molecule has 2 aromatic carbocycles. The van der Waals surface area contributed by atoms with Crippen LogP contribution in [-0.4, -0.2) is 119 Å². The van der Waals surface area contributed by atoms with Crippen molar-refractivity contribution in [3.05, 3.63) is 66.4 Å². The van der Waals surface area contributed by atoms with E-state index in [1.165, 1.54) is 15.9 Å². The molecule has 14 nitrogen and oxygen atoms in total. The second-order valence-corrected chi connectivity index (χ2v) is 11.6. The third kappa shape index (κ3) is 8.69. The van der Waals surface area contributed by atoms with Crippen molar-refractivity contribution in [2.24, 2.45) is 0 Å². The smallest absolute Gasteiger partial charge is 0.409 e. The Morgan fingerprint density at radius 1 is 0.938 bits per heavy atom. The first-order valence-corrected chi connectivity index (χ1v) is 16.1. The van der Waals surface area contributed by atoms with Gasteiger partial charge in [0.05, 0.1) is 12.1 Å². The summed E-state index contributed by atoms with van der Waals surface area (Å²) < 4.78 is 11.0. The first-order chi connectivity index (χ1) is 23.2. The molecule has 0 bridgehead atoms. The SMILES string of the molecule is CCOC(=O)N1CCN(C(=O)[C@H](CCC(=O)O)NC(=O)c2cc(OCC(=O)N3CCC(Nc4ccccc4)C3)c3ccccc3n2)CC1. The minimum absolute atomic E-state index is 0.0512. The number of benzene rings is 2. The number of piperazine rings is 1. The van der Waals surface area contributed by atoms with Gasteiger partial charge in [0, 0.05) is 68.9 Å². The van der Waals surface area contributed by atoms with E-state index in [4.69, 9.17) is 9.47 Å². The molecule has 0 spiro atoms. The summed E-state index contributed by atoms with van der Waals surface area (Å²) in [4.78, 5) is 72.8. The number of likely N-dealkylation sites (tertiary alicyclic amines) is 1. The number of nitrogens with one attached hydrogen (secondary N) is 2. The normalized spacial score (nSPS) is 16.7. The highest BCUT2D eigenvalue weighted by Gasteiger charge is 2.32. The number of aromatic nitrogens is 1. The summed E-state index contributed by atoms with van der Waals surface area (Å²) in [6.45, 7) is 3.72. The van der Waals surface area contributed by atoms with Gasteiger partial charge in [0.15, 0.2) is 6.61 Å². The van der Waals surface area contributed by atoms with Crippen molar-refractivity contribution in [1.29, 1.82) is 0 Å². The molecule has 14 heteroatoms. The maximum Gasteiger partial charge on any atom is 0.409 e. The summed E-state index contributed by atoms with van der Waals surface area (Å²) in [5, 5.41) is 16.0. The number of rotatable bonds is 12. The zero-order valence-corrected chi connectivity index (χ0v) is 26.8. The molecule has 0 radical (unpaired) electrons. The summed E-state index contributed by atoms with van der Waals surface area (Å²) in [5.74, 6) is -2.18. The molecule has 3 aromatic rings. The number of anilines is 1. The monoisotopic (exact) mass is 660 g/mol. The van der Waals surface area contributed by atoms with Gasteiger partial charge in [-0.3, -0.25) is 19.2 Å². The number of carbonyl (C=O) groups excluding carboxylic acids is 4. The van der Waals surface area contributed by atoms with E-state index in [1.54, 1.807) is 36.1 Å². The molecule has 2 atom stereocenters. The molecule has 5 rings (SSSR count). The number of carbonyl (C=O) groups is 5. The van der Waals surface area contributed by atoms with Crippen molar-refractivity contribution < 1.29 is 38.6 Å². The lowest BCUT2D eigenvalue weighted by Crippen LogP contribution is -2.56. The highest BCUT2D eigenvalue weighted by atomic mass is 16.6. The van der Waals surface area contributed by atoms with Crippen LogP contribution in [0.2, 0.25) is 0 Å². The Morgan fingerprint density at radius 2 is 1.65 bits per heavy atom. The van der Waals surface area contributed by atoms with Gasteiger partial charge in [-0.15, -0.1) is 0 Å². The number of pyridine rings is 1. The van der Waals surface area contributed by atoms with Crippen LogP contribution in [-0.2, 0) is 19.1 Å². The average Bonchev–Trinajstić information content (AvgIpc) is 3.57. The second-order valence-electron chi connectivity index (χ2n) is 11.6. The Hall–Kier alpha value is -5.40. The highest BCUT2D eigenvalue weighted by molar-refractivity contribution is 5.99. The van der Waals surface area contributed by atoms with Crippen LogP contribution < -0.4 is 15.4 Å². The summed E-state index contributed by atoms with van der Waals surface area (Å²) >= 11 is 0. The third-order valence-electron chi connectivity index (χ3n) is 8.32. The van der Waals surface area contributed by atoms with Crippen molar-refractivity contribution in [3.63, 3.8) is 0 Å². The molecule has 2 saturated heterocycles. The predicted molar refractivity (Wildman–Crippen MR) is 176 cm³/mol. The Bertz CT molecular complexity index is 1630. The number of fused-ring (bicyclic) bond motifs is 1. The third-order valence-corrected chi connectivity index (χ3v) is 8.32. The van der Waals surface area contributed by atoms with E-state index in [-0.39, 0.29) is 75.6 Å². The molecule has 2 aliphatic heterocycles. The number of hydrogen-bond acceptors (Lipinski definition) is 9. The number of hydrogen-bond donors (Lipinski definition) is 3. The van der Waals surface area contributed by atoms with Crippen LogP contribution in [0.1, 0.15) is 36.7 Å². The Kier molecular flexibility index (Phi) is 11.3. The van der Waals surface area contributed by atoms with Crippen LogP contribution >= 0.6 is 0 Å². The standard InChI is InChI=1S/C34H40N6O8/c1-2-47-34(46)39-18-16-38(17-19-39)33(45)27(12-13-31(42)43)37-32(44)28-20-29(25-10-6-7-11-26(25)36-28)48-22-30(41)40-15-14-24(21-40)35-23-8-4-3-5-9-23/h3-11,20,24,27,35H,2,12-19,21-22H2,1H3,(H,37,44)(H,42,43)/t24?,27-/m0/s1. The number of para-hydroxylation sites is 2. The molecule has 2 fully saturated rings. The molecular weight excluding hydrogens is 620 g/mol. The number of carboxylic acid groups (broad SMARTS) is 1. The fraction of sp³-hybridized carbons (Fsp3) is 0.412. The molecule has 0 saturated carbocycles. The maximum atomic E-state index is 13.5. The van der Waals surface area contributed by atoms with Gasteiger partial charge < -0.3 is 39.9 Å². The van der Waals surface area contributed by atoms with Gasteiger partial charge in [0.1, 0.15) is 17.5 Å². The van der Waals surface area contributed by atoms with Gasteiger partial charge in [-0.25, -0.2) is 9.78 Å². The molecule has 3 heterocycles. The first kappa shape index (κ1) is 33.9. The van der Waals surface area contributed by atoms with Crippen molar-refractivity contribution >= 4 is 46.4 Å². The van der Waals surface area contributed by atoms with Gasteiger partial charge in [-0.1, -0.05) is 30.3 Å². The lowest BCUT2D eigenvalue weighted by molar-refractivity contribution is -0.138. The van der Waals surface area contributed by atoms with Crippen LogP contribution in [0.4, 0.5) is 10.5 Å². The summed E-state index contributed by atoms with van der Waals surface area (Å²) in [5.41, 5.74) is 1.39. The minimum atomic E-state index is -1.14. The van der Waals surface area contributed by atoms with E-state index >= 15 is 0 Å². The Balaban J connectivity index is 1.25. The van der Waals surface area contributed by atoms with Crippen molar-refractivity contribution in [2.45, 2.75) is 38.3 Å². The van der Waals surface area contributed by atoms with Crippen LogP contribution in [0.3, 0.4) is 0 Å². The number of amides is 4. The van der Waals surface area contributed by atoms with Crippen LogP contribution in [0.15, 0.2) is 60.7 Å². The van der Waals surface area contributed by atoms with Crippen molar-refractivity contribution in [2.75, 3.05) is 57.8 Å². The molecule has 1 aromatic heterocycles. The van der Waals surface area contributed by atoms with Crippen LogP contribution in [0, 0.1) is 0 Å². The molecule has 3 N–H and O–H groups in total. The summed E-state index contributed by atoms with van der Waals surface area (Å²) in [6.07, 6.45) is -0.155. The summed E-state index contributed by atoms with van der Waals surface area (Å²) in [6, 6.07) is 17.2. The predicted octanol–water partition coefficient (Wildman–Crippen LogP) is 2.59. The Morgan fingerprint density at radius 3 is 2.38 bits per heavy atom. The van der Waals surface area contributed by atoms with E-state index in [9.17, 15) is 29.1 Å². The van der Waals surface area contributed by atoms with E-state index in [0.29, 0.717) is 24.0 Å². The fourth-order valence-corrected chi connectivity index (χ4v) is 5.79. The molecule has 2 aliphatic rings. The zero-order valence-electron chi connectivity index (χ0n) is 26.8. The maximum absolute atomic E-state index is 13.5. The van der Waals surface area contributed by atoms with Crippen LogP contribution in [0.5, 0.6) is 5.75 Å².